The number of carbonyl (C=O) groups is 1. The fourth-order valence-electron chi connectivity index (χ4n) is 2.25. The van der Waals surface area contributed by atoms with Crippen LogP contribution in [-0.4, -0.2) is 23.7 Å². The van der Waals surface area contributed by atoms with Gasteiger partial charge in [-0.2, -0.15) is 0 Å². The Morgan fingerprint density at radius 2 is 2.28 bits per heavy atom. The molecular weight excluding hydrogens is 301 g/mol. The number of benzene rings is 1. The molecule has 0 bridgehead atoms. The summed E-state index contributed by atoms with van der Waals surface area (Å²) in [6.07, 6.45) is 2.38. The number of aliphatic hydroxyl groups is 1. The largest absolute Gasteiger partial charge is 0.393 e. The van der Waals surface area contributed by atoms with Crippen molar-refractivity contribution in [2.75, 3.05) is 6.54 Å². The van der Waals surface area contributed by atoms with E-state index in [0.717, 1.165) is 19.3 Å². The van der Waals surface area contributed by atoms with Gasteiger partial charge in [0.25, 0.3) is 5.91 Å². The van der Waals surface area contributed by atoms with Crippen LogP contribution in [0, 0.1) is 11.7 Å². The molecule has 2 atom stereocenters. The molecule has 1 aromatic rings. The summed E-state index contributed by atoms with van der Waals surface area (Å²) in [4.78, 5) is 11.9. The van der Waals surface area contributed by atoms with Gasteiger partial charge in [0.2, 0.25) is 0 Å². The van der Waals surface area contributed by atoms with Crippen molar-refractivity contribution in [1.82, 2.24) is 5.32 Å². The van der Waals surface area contributed by atoms with Crippen LogP contribution in [0.1, 0.15) is 29.6 Å². The van der Waals surface area contributed by atoms with Crippen molar-refractivity contribution in [2.24, 2.45) is 5.92 Å². The minimum atomic E-state index is -0.441. The Kier molecular flexibility index (Phi) is 4.35. The highest BCUT2D eigenvalue weighted by atomic mass is 79.9. The van der Waals surface area contributed by atoms with Gasteiger partial charge in [-0.15, -0.1) is 0 Å². The van der Waals surface area contributed by atoms with Crippen molar-refractivity contribution < 1.29 is 14.3 Å². The van der Waals surface area contributed by atoms with E-state index in [1.807, 2.05) is 0 Å². The van der Waals surface area contributed by atoms with Crippen molar-refractivity contribution in [3.8, 4) is 0 Å². The summed E-state index contributed by atoms with van der Waals surface area (Å²) in [5.74, 6) is -0.647. The van der Waals surface area contributed by atoms with Gasteiger partial charge >= 0.3 is 0 Å². The van der Waals surface area contributed by atoms with Crippen LogP contribution >= 0.6 is 15.9 Å². The first-order valence-corrected chi connectivity index (χ1v) is 6.78. The molecular formula is C13H15BrFNO2. The molecule has 0 aromatic heterocycles. The van der Waals surface area contributed by atoms with Crippen LogP contribution in [0.25, 0.3) is 0 Å². The predicted octanol–water partition coefficient (Wildman–Crippen LogP) is 2.48. The van der Waals surface area contributed by atoms with Gasteiger partial charge in [0.1, 0.15) is 5.82 Å². The van der Waals surface area contributed by atoms with Crippen molar-refractivity contribution >= 4 is 21.8 Å². The zero-order chi connectivity index (χ0) is 13.1. The van der Waals surface area contributed by atoms with Gasteiger partial charge in [-0.1, -0.05) is 6.42 Å². The van der Waals surface area contributed by atoms with Crippen LogP contribution in [0.2, 0.25) is 0 Å². The number of hydrogen-bond acceptors (Lipinski definition) is 2. The molecule has 18 heavy (non-hydrogen) atoms. The fourth-order valence-corrected chi connectivity index (χ4v) is 2.67. The van der Waals surface area contributed by atoms with Gasteiger partial charge in [0, 0.05) is 16.9 Å². The standard InChI is InChI=1S/C13H15BrFNO2/c14-11-5-4-9(15)6-10(11)13(18)16-7-8-2-1-3-12(8)17/h4-6,8,12,17H,1-3,7H2,(H,16,18). The molecule has 1 saturated carbocycles. The second-order valence-electron chi connectivity index (χ2n) is 4.59. The maximum absolute atomic E-state index is 13.1. The lowest BCUT2D eigenvalue weighted by Crippen LogP contribution is -2.32. The van der Waals surface area contributed by atoms with Crippen LogP contribution in [0.15, 0.2) is 22.7 Å². The number of rotatable bonds is 3. The summed E-state index contributed by atoms with van der Waals surface area (Å²) in [6.45, 7) is 0.433. The molecule has 0 saturated heterocycles. The third-order valence-electron chi connectivity index (χ3n) is 3.32. The molecule has 3 nitrogen and oxygen atoms in total. The summed E-state index contributed by atoms with van der Waals surface area (Å²) in [5.41, 5.74) is 0.280. The number of hydrogen-bond donors (Lipinski definition) is 2. The average Bonchev–Trinajstić information content (AvgIpc) is 2.75. The van der Waals surface area contributed by atoms with Crippen LogP contribution < -0.4 is 5.32 Å². The first kappa shape index (κ1) is 13.5. The molecule has 2 rings (SSSR count). The van der Waals surface area contributed by atoms with Gasteiger partial charge in [0.15, 0.2) is 0 Å². The van der Waals surface area contributed by atoms with Crippen molar-refractivity contribution in [2.45, 2.75) is 25.4 Å². The average molecular weight is 316 g/mol. The zero-order valence-electron chi connectivity index (χ0n) is 9.83. The van der Waals surface area contributed by atoms with E-state index >= 15 is 0 Å². The SMILES string of the molecule is O=C(NCC1CCCC1O)c1cc(F)ccc1Br. The van der Waals surface area contributed by atoms with Gasteiger partial charge in [-0.3, -0.25) is 4.79 Å². The topological polar surface area (TPSA) is 49.3 Å². The number of aliphatic hydroxyl groups excluding tert-OH is 1. The lowest BCUT2D eigenvalue weighted by atomic mass is 10.1. The van der Waals surface area contributed by atoms with Crippen molar-refractivity contribution in [1.29, 1.82) is 0 Å². The second-order valence-corrected chi connectivity index (χ2v) is 5.45. The van der Waals surface area contributed by atoms with Gasteiger partial charge in [0.05, 0.1) is 11.7 Å². The Hall–Kier alpha value is -0.940. The molecule has 2 N–H and O–H groups in total. The fraction of sp³-hybridized carbons (Fsp3) is 0.462. The molecule has 5 heteroatoms. The number of carbonyl (C=O) groups excluding carboxylic acids is 1. The highest BCUT2D eigenvalue weighted by molar-refractivity contribution is 9.10. The molecule has 1 fully saturated rings. The van der Waals surface area contributed by atoms with Crippen LogP contribution in [-0.2, 0) is 0 Å². The summed E-state index contributed by atoms with van der Waals surface area (Å²) < 4.78 is 13.6. The molecule has 98 valence electrons. The minimum Gasteiger partial charge on any atom is -0.393 e. The summed E-state index contributed by atoms with van der Waals surface area (Å²) in [7, 11) is 0. The highest BCUT2D eigenvalue weighted by Gasteiger charge is 2.25. The molecule has 0 heterocycles. The number of nitrogens with one attached hydrogen (secondary N) is 1. The molecule has 1 aliphatic carbocycles. The predicted molar refractivity (Wildman–Crippen MR) is 69.8 cm³/mol. The Morgan fingerprint density at radius 1 is 1.50 bits per heavy atom. The molecule has 2 unspecified atom stereocenters. The Morgan fingerprint density at radius 3 is 2.94 bits per heavy atom. The van der Waals surface area contributed by atoms with Crippen molar-refractivity contribution in [3.63, 3.8) is 0 Å². The maximum Gasteiger partial charge on any atom is 0.252 e. The normalized spacial score (nSPS) is 23.1. The zero-order valence-corrected chi connectivity index (χ0v) is 11.4. The van der Waals surface area contributed by atoms with Crippen LogP contribution in [0.3, 0.4) is 0 Å². The lowest BCUT2D eigenvalue weighted by Gasteiger charge is -2.15. The van der Waals surface area contributed by atoms with Crippen LogP contribution in [0.5, 0.6) is 0 Å². The van der Waals surface area contributed by atoms with E-state index in [4.69, 9.17) is 0 Å². The van der Waals surface area contributed by atoms with E-state index in [9.17, 15) is 14.3 Å². The molecule has 0 spiro atoms. The number of amides is 1. The van der Waals surface area contributed by atoms with E-state index in [-0.39, 0.29) is 23.5 Å². The molecule has 0 aliphatic heterocycles. The van der Waals surface area contributed by atoms with E-state index < -0.39 is 5.82 Å². The third-order valence-corrected chi connectivity index (χ3v) is 4.01. The Balaban J connectivity index is 1.97. The summed E-state index contributed by atoms with van der Waals surface area (Å²) >= 11 is 3.22. The van der Waals surface area contributed by atoms with Crippen LogP contribution in [0.4, 0.5) is 4.39 Å². The smallest absolute Gasteiger partial charge is 0.252 e. The maximum atomic E-state index is 13.1. The van der Waals surface area contributed by atoms with E-state index in [2.05, 4.69) is 21.2 Å². The van der Waals surface area contributed by atoms with Gasteiger partial charge in [-0.05, 0) is 47.0 Å². The number of halogens is 2. The van der Waals surface area contributed by atoms with Gasteiger partial charge < -0.3 is 10.4 Å². The Labute approximate surface area is 114 Å². The van der Waals surface area contributed by atoms with E-state index in [1.165, 1.54) is 18.2 Å². The van der Waals surface area contributed by atoms with E-state index in [0.29, 0.717) is 11.0 Å². The first-order valence-electron chi connectivity index (χ1n) is 5.99. The lowest BCUT2D eigenvalue weighted by molar-refractivity contribution is 0.0915. The molecule has 1 aliphatic rings. The first-order chi connectivity index (χ1) is 8.58. The highest BCUT2D eigenvalue weighted by Crippen LogP contribution is 2.25. The quantitative estimate of drug-likeness (QED) is 0.900. The molecule has 1 aromatic carbocycles. The monoisotopic (exact) mass is 315 g/mol. The van der Waals surface area contributed by atoms with Crippen molar-refractivity contribution in [3.05, 3.63) is 34.1 Å². The minimum absolute atomic E-state index is 0.112. The van der Waals surface area contributed by atoms with Gasteiger partial charge in [-0.25, -0.2) is 4.39 Å². The van der Waals surface area contributed by atoms with E-state index in [1.54, 1.807) is 0 Å². The molecule has 0 radical (unpaired) electrons. The summed E-state index contributed by atoms with van der Waals surface area (Å²) in [5, 5.41) is 12.4. The second kappa shape index (κ2) is 5.80. The molecule has 1 amide bonds. The Bertz CT molecular complexity index is 453. The summed E-state index contributed by atoms with van der Waals surface area (Å²) in [6, 6.07) is 4.00. The third kappa shape index (κ3) is 3.09.